The van der Waals surface area contributed by atoms with Crippen LogP contribution in [0.25, 0.3) is 0 Å². The molecule has 12 heteroatoms. The number of nitrogens with one attached hydrogen (secondary N) is 2. The van der Waals surface area contributed by atoms with Crippen LogP contribution in [-0.4, -0.2) is 62.3 Å². The van der Waals surface area contributed by atoms with Gasteiger partial charge in [0.1, 0.15) is 23.3 Å². The number of hydrogen-bond acceptors (Lipinski definition) is 7. The molecule has 186 valence electrons. The largest absolute Gasteiger partial charge is 0.495 e. The van der Waals surface area contributed by atoms with Gasteiger partial charge in [-0.25, -0.2) is 0 Å². The lowest BCUT2D eigenvalue weighted by Gasteiger charge is -2.33. The van der Waals surface area contributed by atoms with Gasteiger partial charge in [-0.3, -0.25) is 4.79 Å². The fourth-order valence-corrected chi connectivity index (χ4v) is 6.86. The SMILES string of the molecule is CNCCCOc1c(Br)cc(CCNC(=O)C2=NO[C@]3(C=C(Br)C(OC)=C(Br)[C@@H]3O)C2)cc1Br. The molecule has 2 atom stereocenters. The number of aliphatic hydroxyl groups is 1. The molecule has 8 nitrogen and oxygen atoms in total. The smallest absolute Gasteiger partial charge is 0.269 e. The van der Waals surface area contributed by atoms with Crippen molar-refractivity contribution in [1.82, 2.24) is 10.6 Å². The zero-order valence-electron chi connectivity index (χ0n) is 18.6. The van der Waals surface area contributed by atoms with Gasteiger partial charge in [0.2, 0.25) is 0 Å². The molecule has 1 aliphatic carbocycles. The van der Waals surface area contributed by atoms with Crippen molar-refractivity contribution in [2.75, 3.05) is 33.9 Å². The minimum absolute atomic E-state index is 0.123. The molecule has 1 spiro atoms. The first-order valence-electron chi connectivity index (χ1n) is 10.5. The molecule has 3 rings (SSSR count). The normalized spacial score (nSPS) is 21.8. The number of amides is 1. The fourth-order valence-electron chi connectivity index (χ4n) is 3.56. The average Bonchev–Trinajstić information content (AvgIpc) is 3.22. The molecule has 3 N–H and O–H groups in total. The Hall–Kier alpha value is -0.920. The van der Waals surface area contributed by atoms with Gasteiger partial charge in [-0.15, -0.1) is 0 Å². The Bertz CT molecular complexity index is 1010. The molecule has 1 heterocycles. The number of aliphatic hydroxyl groups excluding tert-OH is 1. The molecule has 1 aromatic carbocycles. The highest BCUT2D eigenvalue weighted by atomic mass is 79.9. The summed E-state index contributed by atoms with van der Waals surface area (Å²) in [6, 6.07) is 3.96. The van der Waals surface area contributed by atoms with Crippen molar-refractivity contribution in [2.45, 2.75) is 31.0 Å². The van der Waals surface area contributed by atoms with E-state index in [0.717, 1.165) is 33.2 Å². The molecule has 0 aromatic heterocycles. The number of hydrogen-bond donors (Lipinski definition) is 3. The van der Waals surface area contributed by atoms with Crippen molar-refractivity contribution >= 4 is 75.3 Å². The summed E-state index contributed by atoms with van der Waals surface area (Å²) < 4.78 is 13.9. The highest BCUT2D eigenvalue weighted by Crippen LogP contribution is 2.44. The van der Waals surface area contributed by atoms with Crippen LogP contribution in [-0.2, 0) is 20.8 Å². The van der Waals surface area contributed by atoms with Crippen LogP contribution in [0.3, 0.4) is 0 Å². The molecule has 0 radical (unpaired) electrons. The van der Waals surface area contributed by atoms with Gasteiger partial charge in [-0.2, -0.15) is 0 Å². The summed E-state index contributed by atoms with van der Waals surface area (Å²) in [7, 11) is 3.41. The molecule has 0 fully saturated rings. The maximum Gasteiger partial charge on any atom is 0.269 e. The molecule has 1 amide bonds. The molecule has 0 unspecified atom stereocenters. The van der Waals surface area contributed by atoms with Gasteiger partial charge in [0.25, 0.3) is 5.91 Å². The maximum atomic E-state index is 12.7. The third kappa shape index (κ3) is 6.25. The van der Waals surface area contributed by atoms with E-state index in [9.17, 15) is 9.90 Å². The third-order valence-electron chi connectivity index (χ3n) is 5.32. The van der Waals surface area contributed by atoms with Crippen LogP contribution in [0, 0.1) is 0 Å². The lowest BCUT2D eigenvalue weighted by molar-refractivity contribution is -0.114. The Morgan fingerprint density at radius 1 is 1.26 bits per heavy atom. The number of allylic oxidation sites excluding steroid dienone is 1. The molecule has 34 heavy (non-hydrogen) atoms. The molecule has 1 aromatic rings. The average molecular weight is 731 g/mol. The van der Waals surface area contributed by atoms with E-state index in [1.165, 1.54) is 7.11 Å². The standard InChI is InChI=1S/C22H25Br4N3O5/c1-27-5-3-7-33-18-13(23)8-12(9-14(18)24)4-6-28-21(31)16-11-22(34-29-16)10-15(25)19(32-2)17(26)20(22)30/h8-10,20,27,30H,3-7,11H2,1-2H3,(H,28,31)/t20-,22+/m0/s1. The Balaban J connectivity index is 1.54. The van der Waals surface area contributed by atoms with E-state index in [-0.39, 0.29) is 18.0 Å². The first-order valence-corrected chi connectivity index (χ1v) is 13.7. The lowest BCUT2D eigenvalue weighted by atomic mass is 9.87. The molecule has 0 bridgehead atoms. The van der Waals surface area contributed by atoms with Crippen molar-refractivity contribution in [1.29, 1.82) is 0 Å². The number of methoxy groups -OCH3 is 1. The molecule has 0 saturated carbocycles. The predicted molar refractivity (Wildman–Crippen MR) is 144 cm³/mol. The van der Waals surface area contributed by atoms with Gasteiger partial charge in [-0.1, -0.05) is 5.16 Å². The van der Waals surface area contributed by atoms with Gasteiger partial charge >= 0.3 is 0 Å². The second-order valence-corrected chi connectivity index (χ2v) is 11.2. The van der Waals surface area contributed by atoms with Crippen LogP contribution < -0.4 is 15.4 Å². The van der Waals surface area contributed by atoms with Crippen LogP contribution in [0.5, 0.6) is 5.75 Å². The van der Waals surface area contributed by atoms with Gasteiger partial charge in [0.15, 0.2) is 5.60 Å². The Morgan fingerprint density at radius 3 is 2.62 bits per heavy atom. The quantitative estimate of drug-likeness (QED) is 0.311. The van der Waals surface area contributed by atoms with Crippen molar-refractivity contribution in [3.05, 3.63) is 47.4 Å². The summed E-state index contributed by atoms with van der Waals surface area (Å²) in [5.74, 6) is 0.883. The van der Waals surface area contributed by atoms with Gasteiger partial charge in [0, 0.05) is 13.0 Å². The second-order valence-electron chi connectivity index (χ2n) is 7.74. The minimum atomic E-state index is -1.18. The van der Waals surface area contributed by atoms with Crippen molar-refractivity contribution in [3.63, 3.8) is 0 Å². The monoisotopic (exact) mass is 727 g/mol. The van der Waals surface area contributed by atoms with Crippen LogP contribution in [0.2, 0.25) is 0 Å². The topological polar surface area (TPSA) is 101 Å². The van der Waals surface area contributed by atoms with Crippen LogP contribution in [0.1, 0.15) is 18.4 Å². The van der Waals surface area contributed by atoms with Crippen molar-refractivity contribution in [2.24, 2.45) is 5.16 Å². The molecule has 2 aliphatic rings. The van der Waals surface area contributed by atoms with Gasteiger partial charge in [0.05, 0.1) is 31.6 Å². The number of nitrogens with zero attached hydrogens (tertiary/aromatic N) is 1. The fraction of sp³-hybridized carbons (Fsp3) is 0.455. The molecule has 0 saturated heterocycles. The zero-order valence-corrected chi connectivity index (χ0v) is 24.9. The Kier molecular flexibility index (Phi) is 10.1. The first-order chi connectivity index (χ1) is 16.2. The van der Waals surface area contributed by atoms with E-state index >= 15 is 0 Å². The summed E-state index contributed by atoms with van der Waals surface area (Å²) in [5, 5.41) is 20.6. The number of carbonyl (C=O) groups is 1. The van der Waals surface area contributed by atoms with E-state index in [1.54, 1.807) is 6.08 Å². The van der Waals surface area contributed by atoms with Crippen molar-refractivity contribution < 1.29 is 24.2 Å². The Morgan fingerprint density at radius 2 is 1.97 bits per heavy atom. The number of halogens is 4. The summed E-state index contributed by atoms with van der Waals surface area (Å²) in [6.07, 6.45) is 2.25. The van der Waals surface area contributed by atoms with E-state index in [1.807, 2.05) is 19.2 Å². The van der Waals surface area contributed by atoms with Crippen molar-refractivity contribution in [3.8, 4) is 5.75 Å². The molecular weight excluding hydrogens is 706 g/mol. The summed E-state index contributed by atoms with van der Waals surface area (Å²) in [5.41, 5.74) is 0.0633. The molecule has 1 aliphatic heterocycles. The lowest BCUT2D eigenvalue weighted by Crippen LogP contribution is -2.45. The number of rotatable bonds is 10. The molecular formula is C22H25Br4N3O5. The van der Waals surface area contributed by atoms with E-state index < -0.39 is 11.7 Å². The predicted octanol–water partition coefficient (Wildman–Crippen LogP) is 4.28. The zero-order chi connectivity index (χ0) is 24.9. The number of carbonyl (C=O) groups excluding carboxylic acids is 1. The van der Waals surface area contributed by atoms with E-state index in [2.05, 4.69) is 79.5 Å². The van der Waals surface area contributed by atoms with Crippen LogP contribution in [0.4, 0.5) is 0 Å². The van der Waals surface area contributed by atoms with Gasteiger partial charge < -0.3 is 30.1 Å². The van der Waals surface area contributed by atoms with Gasteiger partial charge in [-0.05, 0) is 114 Å². The van der Waals surface area contributed by atoms with E-state index in [4.69, 9.17) is 14.3 Å². The maximum absolute atomic E-state index is 12.7. The van der Waals surface area contributed by atoms with Crippen LogP contribution in [0.15, 0.2) is 47.0 Å². The number of oxime groups is 1. The summed E-state index contributed by atoms with van der Waals surface area (Å²) in [6.45, 7) is 1.91. The first kappa shape index (κ1) is 27.7. The highest BCUT2D eigenvalue weighted by Gasteiger charge is 2.50. The minimum Gasteiger partial charge on any atom is -0.495 e. The third-order valence-corrected chi connectivity index (χ3v) is 7.88. The highest BCUT2D eigenvalue weighted by molar-refractivity contribution is 9.12. The second kappa shape index (κ2) is 12.4. The number of benzene rings is 1. The van der Waals surface area contributed by atoms with E-state index in [0.29, 0.717) is 34.3 Å². The summed E-state index contributed by atoms with van der Waals surface area (Å²) >= 11 is 13.9. The number of ether oxygens (including phenoxy) is 2. The Labute approximate surface area is 232 Å². The van der Waals surface area contributed by atoms with Crippen LogP contribution >= 0.6 is 63.7 Å². The summed E-state index contributed by atoms with van der Waals surface area (Å²) in [4.78, 5) is 18.2.